The quantitative estimate of drug-likeness (QED) is 0.370. The van der Waals surface area contributed by atoms with Crippen LogP contribution >= 0.6 is 0 Å². The molecule has 0 amide bonds. The van der Waals surface area contributed by atoms with E-state index < -0.39 is 11.8 Å². The molecule has 94 valence electrons. The van der Waals surface area contributed by atoms with Crippen molar-refractivity contribution in [2.24, 2.45) is 0 Å². The second-order valence-corrected chi connectivity index (χ2v) is 3.45. The molecule has 1 heterocycles. The molecule has 2 aromatic rings. The van der Waals surface area contributed by atoms with Gasteiger partial charge >= 0.3 is 11.8 Å². The van der Waals surface area contributed by atoms with E-state index in [1.165, 1.54) is 7.11 Å². The molecule has 6 nitrogen and oxygen atoms in total. The third-order valence-electron chi connectivity index (χ3n) is 2.33. The zero-order valence-electron chi connectivity index (χ0n) is 9.64. The number of carbonyl (C=O) groups excluding carboxylic acids is 1. The highest BCUT2D eigenvalue weighted by Crippen LogP contribution is 2.25. The van der Waals surface area contributed by atoms with E-state index in [1.54, 1.807) is 23.5 Å². The third-order valence-corrected chi connectivity index (χ3v) is 2.33. The first-order chi connectivity index (χ1) is 8.63. The minimum absolute atomic E-state index is 0.101. The van der Waals surface area contributed by atoms with Crippen molar-refractivity contribution >= 4 is 22.8 Å². The molecule has 0 saturated carbocycles. The van der Waals surface area contributed by atoms with Crippen molar-refractivity contribution in [1.29, 1.82) is 0 Å². The fourth-order valence-corrected chi connectivity index (χ4v) is 1.49. The fourth-order valence-electron chi connectivity index (χ4n) is 1.49. The SMILES string of the molecule is [CH2-][NH2+]c1ccc2c(OC(=O)OC)cc(=O)oc2c1. The van der Waals surface area contributed by atoms with Crippen LogP contribution < -0.4 is 15.7 Å². The van der Waals surface area contributed by atoms with Gasteiger partial charge in [-0.2, -0.15) is 0 Å². The topological polar surface area (TPSA) is 82.4 Å². The molecule has 6 heteroatoms. The van der Waals surface area contributed by atoms with E-state index in [9.17, 15) is 9.59 Å². The molecule has 0 aliphatic heterocycles. The van der Waals surface area contributed by atoms with E-state index >= 15 is 0 Å². The average molecular weight is 249 g/mol. The Morgan fingerprint density at radius 3 is 2.83 bits per heavy atom. The summed E-state index contributed by atoms with van der Waals surface area (Å²) in [7, 11) is 4.81. The summed E-state index contributed by atoms with van der Waals surface area (Å²) in [6.07, 6.45) is -0.894. The van der Waals surface area contributed by atoms with E-state index in [0.717, 1.165) is 11.8 Å². The van der Waals surface area contributed by atoms with Gasteiger partial charge in [0.2, 0.25) is 0 Å². The van der Waals surface area contributed by atoms with Gasteiger partial charge in [-0.3, -0.25) is 0 Å². The zero-order chi connectivity index (χ0) is 13.1. The predicted molar refractivity (Wildman–Crippen MR) is 62.5 cm³/mol. The maximum atomic E-state index is 11.3. The smallest absolute Gasteiger partial charge is 0.446 e. The Labute approximate surface area is 102 Å². The van der Waals surface area contributed by atoms with Gasteiger partial charge in [-0.15, -0.1) is 7.05 Å². The van der Waals surface area contributed by atoms with Crippen LogP contribution in [0.15, 0.2) is 33.5 Å². The van der Waals surface area contributed by atoms with Crippen molar-refractivity contribution in [3.63, 3.8) is 0 Å². The molecule has 0 bridgehead atoms. The average Bonchev–Trinajstić information content (AvgIpc) is 2.37. The Hall–Kier alpha value is -2.34. The van der Waals surface area contributed by atoms with Crippen molar-refractivity contribution in [3.05, 3.63) is 41.7 Å². The van der Waals surface area contributed by atoms with Crippen molar-refractivity contribution in [2.45, 2.75) is 0 Å². The zero-order valence-corrected chi connectivity index (χ0v) is 9.64. The minimum atomic E-state index is -0.894. The molecule has 1 aromatic heterocycles. The van der Waals surface area contributed by atoms with E-state index in [2.05, 4.69) is 11.8 Å². The van der Waals surface area contributed by atoms with Crippen LogP contribution in [0.1, 0.15) is 0 Å². The second kappa shape index (κ2) is 4.89. The normalized spacial score (nSPS) is 10.3. The fraction of sp³-hybridized carbons (Fsp3) is 0.0833. The Morgan fingerprint density at radius 2 is 2.17 bits per heavy atom. The van der Waals surface area contributed by atoms with E-state index in [1.807, 2.05) is 0 Å². The summed E-state index contributed by atoms with van der Waals surface area (Å²) in [5.41, 5.74) is 0.502. The van der Waals surface area contributed by atoms with Crippen LogP contribution in [0.25, 0.3) is 11.0 Å². The number of carbonyl (C=O) groups is 1. The molecule has 0 spiro atoms. The van der Waals surface area contributed by atoms with Crippen molar-refractivity contribution in [2.75, 3.05) is 7.11 Å². The van der Waals surface area contributed by atoms with Gasteiger partial charge in [-0.05, 0) is 12.1 Å². The van der Waals surface area contributed by atoms with E-state index in [4.69, 9.17) is 9.15 Å². The van der Waals surface area contributed by atoms with E-state index in [-0.39, 0.29) is 5.75 Å². The van der Waals surface area contributed by atoms with Crippen LogP contribution in [0.3, 0.4) is 0 Å². The number of hydrogen-bond acceptors (Lipinski definition) is 5. The molecule has 0 aliphatic carbocycles. The molecule has 18 heavy (non-hydrogen) atoms. The first-order valence-corrected chi connectivity index (χ1v) is 5.10. The number of rotatable bonds is 2. The number of quaternary nitrogens is 1. The van der Waals surface area contributed by atoms with Gasteiger partial charge < -0.3 is 19.2 Å². The van der Waals surface area contributed by atoms with Crippen LogP contribution in [0.4, 0.5) is 10.5 Å². The number of hydrogen-bond donors (Lipinski definition) is 1. The Bertz CT molecular complexity index is 646. The third kappa shape index (κ3) is 2.33. The van der Waals surface area contributed by atoms with Gasteiger partial charge in [0.25, 0.3) is 0 Å². The molecule has 0 saturated heterocycles. The first kappa shape index (κ1) is 12.1. The largest absolute Gasteiger partial charge is 0.513 e. The van der Waals surface area contributed by atoms with Crippen molar-refractivity contribution in [3.8, 4) is 5.75 Å². The van der Waals surface area contributed by atoms with E-state index in [0.29, 0.717) is 11.0 Å². The summed E-state index contributed by atoms with van der Waals surface area (Å²) in [5, 5.41) is 2.12. The number of benzene rings is 1. The summed E-state index contributed by atoms with van der Waals surface area (Å²) in [4.78, 5) is 22.4. The van der Waals surface area contributed by atoms with Crippen molar-refractivity contribution in [1.82, 2.24) is 0 Å². The summed E-state index contributed by atoms with van der Waals surface area (Å²) < 4.78 is 14.3. The highest BCUT2D eigenvalue weighted by molar-refractivity contribution is 5.86. The lowest BCUT2D eigenvalue weighted by atomic mass is 10.2. The molecule has 0 atom stereocenters. The molecular formula is C12H11NO5. The maximum absolute atomic E-state index is 11.3. The number of fused-ring (bicyclic) bond motifs is 1. The van der Waals surface area contributed by atoms with Crippen LogP contribution in [0, 0.1) is 7.05 Å². The monoisotopic (exact) mass is 249 g/mol. The molecule has 2 rings (SSSR count). The van der Waals surface area contributed by atoms with Gasteiger partial charge in [-0.25, -0.2) is 9.59 Å². The molecule has 0 aliphatic rings. The molecule has 0 unspecified atom stereocenters. The highest BCUT2D eigenvalue weighted by Gasteiger charge is 2.11. The number of ether oxygens (including phenoxy) is 2. The van der Waals surface area contributed by atoms with Crippen LogP contribution in [0.2, 0.25) is 0 Å². The van der Waals surface area contributed by atoms with Gasteiger partial charge in [0, 0.05) is 6.07 Å². The lowest BCUT2D eigenvalue weighted by molar-refractivity contribution is -0.504. The standard InChI is InChI=1S/C12H11NO5/c1-13-7-3-4-8-9(5-7)17-11(14)6-10(8)18-12(15)16-2/h3-6H,1,13H2,2H3. The van der Waals surface area contributed by atoms with Crippen LogP contribution in [0.5, 0.6) is 5.75 Å². The van der Waals surface area contributed by atoms with Gasteiger partial charge in [-0.1, -0.05) is 0 Å². The van der Waals surface area contributed by atoms with Gasteiger partial charge in [0.1, 0.15) is 11.3 Å². The second-order valence-electron chi connectivity index (χ2n) is 3.45. The van der Waals surface area contributed by atoms with Crippen LogP contribution in [-0.2, 0) is 4.74 Å². The maximum Gasteiger partial charge on any atom is 0.513 e. The highest BCUT2D eigenvalue weighted by atomic mass is 16.7. The summed E-state index contributed by atoms with van der Waals surface area (Å²) in [6, 6.07) is 6.16. The summed E-state index contributed by atoms with van der Waals surface area (Å²) in [5.74, 6) is 0.101. The van der Waals surface area contributed by atoms with Crippen LogP contribution in [-0.4, -0.2) is 13.3 Å². The Kier molecular flexibility index (Phi) is 3.29. The summed E-state index contributed by atoms with van der Waals surface area (Å²) >= 11 is 0. The molecular weight excluding hydrogens is 238 g/mol. The predicted octanol–water partition coefficient (Wildman–Crippen LogP) is 0.925. The molecule has 0 radical (unpaired) electrons. The molecule has 2 N–H and O–H groups in total. The minimum Gasteiger partial charge on any atom is -0.446 e. The Balaban J connectivity index is 2.58. The Morgan fingerprint density at radius 1 is 1.39 bits per heavy atom. The summed E-state index contributed by atoms with van der Waals surface area (Å²) in [6.45, 7) is 0. The molecule has 0 fully saturated rings. The lowest BCUT2D eigenvalue weighted by Crippen LogP contribution is -2.69. The number of methoxy groups -OCH3 is 1. The van der Waals surface area contributed by atoms with Gasteiger partial charge in [0.15, 0.2) is 5.75 Å². The van der Waals surface area contributed by atoms with Gasteiger partial charge in [0.05, 0.1) is 18.6 Å². The number of nitrogens with two attached hydrogens (primary N) is 1. The van der Waals surface area contributed by atoms with Crippen molar-refractivity contribution < 1.29 is 24.0 Å². The molecule has 1 aromatic carbocycles. The lowest BCUT2D eigenvalue weighted by Gasteiger charge is -2.06. The first-order valence-electron chi connectivity index (χ1n) is 5.10.